The molecule has 0 aromatic heterocycles. The van der Waals surface area contributed by atoms with Crippen LogP contribution in [0.5, 0.6) is 0 Å². The topological polar surface area (TPSA) is 101 Å². The van der Waals surface area contributed by atoms with E-state index in [2.05, 4.69) is 10.6 Å². The molecule has 0 bridgehead atoms. The predicted molar refractivity (Wildman–Crippen MR) is 129 cm³/mol. The molecule has 176 valence electrons. The van der Waals surface area contributed by atoms with Gasteiger partial charge in [-0.15, -0.1) is 0 Å². The fourth-order valence-electron chi connectivity index (χ4n) is 3.43. The van der Waals surface area contributed by atoms with Crippen LogP contribution in [-0.4, -0.2) is 30.3 Å². The first-order valence-corrected chi connectivity index (χ1v) is 11.1. The van der Waals surface area contributed by atoms with Crippen LogP contribution >= 0.6 is 11.6 Å². The average Bonchev–Trinajstić information content (AvgIpc) is 2.83. The molecule has 3 rings (SSSR count). The first-order valence-electron chi connectivity index (χ1n) is 10.7. The van der Waals surface area contributed by atoms with Crippen molar-refractivity contribution in [2.45, 2.75) is 18.9 Å². The van der Waals surface area contributed by atoms with Gasteiger partial charge < -0.3 is 16.4 Å². The van der Waals surface area contributed by atoms with Gasteiger partial charge in [-0.05, 0) is 53.9 Å². The summed E-state index contributed by atoms with van der Waals surface area (Å²) >= 11 is 5.89. The molecule has 3 aromatic rings. The van der Waals surface area contributed by atoms with E-state index >= 15 is 0 Å². The lowest BCUT2D eigenvalue weighted by Gasteiger charge is -2.21. The van der Waals surface area contributed by atoms with Gasteiger partial charge in [0.15, 0.2) is 0 Å². The number of nitrogens with one attached hydrogen (secondary N) is 2. The SMILES string of the molecule is NC(=O)C(CNC(=O)C(Cc1ccccc1)NC(=O)c1ccc(Cl)cc1)Cc1ccc(F)cc1. The van der Waals surface area contributed by atoms with E-state index in [0.717, 1.165) is 11.1 Å². The third kappa shape index (κ3) is 7.42. The minimum absolute atomic E-state index is 0.0202. The molecular formula is C26H25ClFN3O3. The molecule has 0 saturated heterocycles. The Balaban J connectivity index is 1.69. The number of nitrogens with two attached hydrogens (primary N) is 1. The van der Waals surface area contributed by atoms with Gasteiger partial charge in [-0.3, -0.25) is 14.4 Å². The fourth-order valence-corrected chi connectivity index (χ4v) is 3.55. The van der Waals surface area contributed by atoms with Crippen molar-refractivity contribution in [2.24, 2.45) is 11.7 Å². The van der Waals surface area contributed by atoms with Crippen LogP contribution in [0.15, 0.2) is 78.9 Å². The van der Waals surface area contributed by atoms with Crippen LogP contribution in [0.2, 0.25) is 5.02 Å². The Labute approximate surface area is 202 Å². The summed E-state index contributed by atoms with van der Waals surface area (Å²) in [7, 11) is 0. The summed E-state index contributed by atoms with van der Waals surface area (Å²) in [6, 6.07) is 20.4. The first-order chi connectivity index (χ1) is 16.3. The Morgan fingerprint density at radius 1 is 0.853 bits per heavy atom. The lowest BCUT2D eigenvalue weighted by atomic mass is 9.98. The summed E-state index contributed by atoms with van der Waals surface area (Å²) in [4.78, 5) is 37.7. The quantitative estimate of drug-likeness (QED) is 0.414. The molecule has 0 fully saturated rings. The summed E-state index contributed by atoms with van der Waals surface area (Å²) in [6.07, 6.45) is 0.502. The van der Waals surface area contributed by atoms with Crippen molar-refractivity contribution in [1.29, 1.82) is 0 Å². The third-order valence-electron chi connectivity index (χ3n) is 5.33. The Morgan fingerprint density at radius 2 is 1.47 bits per heavy atom. The van der Waals surface area contributed by atoms with Crippen molar-refractivity contribution in [1.82, 2.24) is 10.6 Å². The molecule has 0 saturated carbocycles. The van der Waals surface area contributed by atoms with E-state index in [4.69, 9.17) is 17.3 Å². The Hall–Kier alpha value is -3.71. The van der Waals surface area contributed by atoms with E-state index in [1.54, 1.807) is 36.4 Å². The van der Waals surface area contributed by atoms with E-state index in [-0.39, 0.29) is 25.2 Å². The summed E-state index contributed by atoms with van der Waals surface area (Å²) in [5, 5.41) is 5.98. The van der Waals surface area contributed by atoms with Gasteiger partial charge in [-0.2, -0.15) is 0 Å². The molecule has 0 aliphatic heterocycles. The second-order valence-corrected chi connectivity index (χ2v) is 8.33. The molecule has 6 nitrogen and oxygen atoms in total. The number of hydrogen-bond acceptors (Lipinski definition) is 3. The number of carbonyl (C=O) groups is 3. The van der Waals surface area contributed by atoms with Crippen molar-refractivity contribution in [3.05, 3.63) is 106 Å². The summed E-state index contributed by atoms with van der Waals surface area (Å²) < 4.78 is 13.2. The monoisotopic (exact) mass is 481 g/mol. The maximum absolute atomic E-state index is 13.2. The van der Waals surface area contributed by atoms with Gasteiger partial charge in [0.1, 0.15) is 11.9 Å². The van der Waals surface area contributed by atoms with Crippen LogP contribution in [0.25, 0.3) is 0 Å². The van der Waals surface area contributed by atoms with Gasteiger partial charge >= 0.3 is 0 Å². The summed E-state index contributed by atoms with van der Waals surface area (Å²) in [5.74, 6) is -2.54. The Bertz CT molecular complexity index is 1120. The Morgan fingerprint density at radius 3 is 2.09 bits per heavy atom. The molecule has 0 aliphatic carbocycles. The molecule has 8 heteroatoms. The van der Waals surface area contributed by atoms with Gasteiger partial charge in [0.05, 0.1) is 5.92 Å². The second kappa shape index (κ2) is 12.0. The number of amides is 3. The van der Waals surface area contributed by atoms with E-state index < -0.39 is 29.7 Å². The molecule has 0 aliphatic rings. The Kier molecular flexibility index (Phi) is 8.76. The predicted octanol–water partition coefficient (Wildman–Crippen LogP) is 3.28. The fraction of sp³-hybridized carbons (Fsp3) is 0.192. The zero-order valence-corrected chi connectivity index (χ0v) is 19.1. The highest BCUT2D eigenvalue weighted by molar-refractivity contribution is 6.30. The van der Waals surface area contributed by atoms with Gasteiger partial charge in [0.2, 0.25) is 11.8 Å². The average molecular weight is 482 g/mol. The third-order valence-corrected chi connectivity index (χ3v) is 5.58. The normalized spacial score (nSPS) is 12.4. The molecule has 0 heterocycles. The maximum atomic E-state index is 13.2. The van der Waals surface area contributed by atoms with Crippen molar-refractivity contribution in [2.75, 3.05) is 6.54 Å². The van der Waals surface area contributed by atoms with Crippen molar-refractivity contribution < 1.29 is 18.8 Å². The van der Waals surface area contributed by atoms with Gasteiger partial charge in [-0.25, -0.2) is 4.39 Å². The maximum Gasteiger partial charge on any atom is 0.251 e. The minimum Gasteiger partial charge on any atom is -0.369 e. The number of halogens is 2. The van der Waals surface area contributed by atoms with Gasteiger partial charge in [-0.1, -0.05) is 54.1 Å². The van der Waals surface area contributed by atoms with E-state index in [0.29, 0.717) is 10.6 Å². The van der Waals surface area contributed by atoms with Gasteiger partial charge in [0.25, 0.3) is 5.91 Å². The number of benzene rings is 3. The molecular weight excluding hydrogens is 457 g/mol. The number of carbonyl (C=O) groups excluding carboxylic acids is 3. The van der Waals surface area contributed by atoms with Gasteiger partial charge in [0, 0.05) is 23.6 Å². The zero-order valence-electron chi connectivity index (χ0n) is 18.3. The molecule has 2 unspecified atom stereocenters. The molecule has 0 radical (unpaired) electrons. The molecule has 3 amide bonds. The number of rotatable bonds is 10. The standard InChI is InChI=1S/C26H25ClFN3O3/c27-21-10-8-19(9-11-21)25(33)31-23(15-17-4-2-1-3-5-17)26(34)30-16-20(24(29)32)14-18-6-12-22(28)13-7-18/h1-13,20,23H,14-16H2,(H2,29,32)(H,30,34)(H,31,33). The van der Waals surface area contributed by atoms with Crippen LogP contribution in [-0.2, 0) is 22.4 Å². The van der Waals surface area contributed by atoms with E-state index in [1.165, 1.54) is 12.1 Å². The van der Waals surface area contributed by atoms with E-state index in [9.17, 15) is 18.8 Å². The van der Waals surface area contributed by atoms with Crippen LogP contribution in [0.1, 0.15) is 21.5 Å². The lowest BCUT2D eigenvalue weighted by molar-refractivity contribution is -0.124. The molecule has 4 N–H and O–H groups in total. The van der Waals surface area contributed by atoms with E-state index in [1.807, 2.05) is 30.3 Å². The van der Waals surface area contributed by atoms with Crippen LogP contribution < -0.4 is 16.4 Å². The molecule has 0 spiro atoms. The highest BCUT2D eigenvalue weighted by Crippen LogP contribution is 2.12. The first kappa shape index (κ1) is 24.9. The minimum atomic E-state index is -0.884. The molecule has 3 aromatic carbocycles. The molecule has 2 atom stereocenters. The summed E-state index contributed by atoms with van der Waals surface area (Å²) in [5.41, 5.74) is 7.46. The number of primary amides is 1. The van der Waals surface area contributed by atoms with Crippen molar-refractivity contribution in [3.8, 4) is 0 Å². The number of hydrogen-bond donors (Lipinski definition) is 3. The van der Waals surface area contributed by atoms with Crippen LogP contribution in [0.4, 0.5) is 4.39 Å². The van der Waals surface area contributed by atoms with Crippen LogP contribution in [0, 0.1) is 11.7 Å². The van der Waals surface area contributed by atoms with Crippen molar-refractivity contribution in [3.63, 3.8) is 0 Å². The second-order valence-electron chi connectivity index (χ2n) is 7.90. The zero-order chi connectivity index (χ0) is 24.5. The van der Waals surface area contributed by atoms with Crippen LogP contribution in [0.3, 0.4) is 0 Å². The highest BCUT2D eigenvalue weighted by atomic mass is 35.5. The molecule has 34 heavy (non-hydrogen) atoms. The smallest absolute Gasteiger partial charge is 0.251 e. The highest BCUT2D eigenvalue weighted by Gasteiger charge is 2.24. The largest absolute Gasteiger partial charge is 0.369 e. The summed E-state index contributed by atoms with van der Waals surface area (Å²) in [6.45, 7) is -0.0202. The lowest BCUT2D eigenvalue weighted by Crippen LogP contribution is -2.50. The van der Waals surface area contributed by atoms with Crippen molar-refractivity contribution >= 4 is 29.3 Å².